The van der Waals surface area contributed by atoms with Gasteiger partial charge in [-0.15, -0.1) is 13.2 Å². The summed E-state index contributed by atoms with van der Waals surface area (Å²) in [5, 5.41) is 0. The molecular weight excluding hydrogens is 279 g/mol. The van der Waals surface area contributed by atoms with Crippen LogP contribution < -0.4 is 4.74 Å². The van der Waals surface area contributed by atoms with Crippen LogP contribution in [0.15, 0.2) is 18.2 Å². The van der Waals surface area contributed by atoms with E-state index >= 15 is 0 Å². The van der Waals surface area contributed by atoms with E-state index in [4.69, 9.17) is 0 Å². The Labute approximate surface area is 122 Å². The summed E-state index contributed by atoms with van der Waals surface area (Å²) in [5.41, 5.74) is 0.790. The van der Waals surface area contributed by atoms with Gasteiger partial charge in [-0.25, -0.2) is 0 Å². The van der Waals surface area contributed by atoms with E-state index in [1.807, 2.05) is 0 Å². The van der Waals surface area contributed by atoms with Crippen LogP contribution in [0.2, 0.25) is 0 Å². The van der Waals surface area contributed by atoms with Gasteiger partial charge in [-0.05, 0) is 68.3 Å². The van der Waals surface area contributed by atoms with Crippen molar-refractivity contribution in [2.24, 2.45) is 5.41 Å². The van der Waals surface area contributed by atoms with E-state index in [-0.39, 0.29) is 11.2 Å². The number of ether oxygens (including phenoxy) is 1. The maximum atomic E-state index is 12.5. The normalized spacial score (nSPS) is 21.5. The highest BCUT2D eigenvalue weighted by molar-refractivity contribution is 5.34. The molecule has 1 saturated carbocycles. The number of hydrogen-bond donors (Lipinski definition) is 0. The number of halogens is 3. The molecule has 1 heterocycles. The molecule has 0 unspecified atom stereocenters. The van der Waals surface area contributed by atoms with Crippen molar-refractivity contribution in [3.63, 3.8) is 0 Å². The highest BCUT2D eigenvalue weighted by atomic mass is 19.4. The Morgan fingerprint density at radius 2 is 1.95 bits per heavy atom. The Balaban J connectivity index is 1.69. The van der Waals surface area contributed by atoms with Crippen molar-refractivity contribution in [2.45, 2.75) is 38.5 Å². The van der Waals surface area contributed by atoms with Crippen molar-refractivity contribution in [3.8, 4) is 5.75 Å². The Morgan fingerprint density at radius 3 is 2.57 bits per heavy atom. The minimum absolute atomic E-state index is 0.0994. The van der Waals surface area contributed by atoms with Gasteiger partial charge in [0.15, 0.2) is 0 Å². The van der Waals surface area contributed by atoms with E-state index in [9.17, 15) is 13.2 Å². The lowest BCUT2D eigenvalue weighted by Crippen LogP contribution is -2.29. The first-order valence-corrected chi connectivity index (χ1v) is 7.43. The zero-order valence-corrected chi connectivity index (χ0v) is 11.9. The van der Waals surface area contributed by atoms with Crippen molar-refractivity contribution in [3.05, 3.63) is 29.8 Å². The Hall–Kier alpha value is -1.23. The van der Waals surface area contributed by atoms with Crippen molar-refractivity contribution >= 4 is 0 Å². The molecule has 0 spiro atoms. The third-order valence-electron chi connectivity index (χ3n) is 4.42. The van der Waals surface area contributed by atoms with Crippen LogP contribution >= 0.6 is 0 Å². The monoisotopic (exact) mass is 298 g/mol. The van der Waals surface area contributed by atoms with Crippen LogP contribution in [-0.4, -0.2) is 30.9 Å². The first-order chi connectivity index (χ1) is 9.96. The van der Waals surface area contributed by atoms with Gasteiger partial charge in [0.25, 0.3) is 0 Å². The van der Waals surface area contributed by atoms with Gasteiger partial charge in [-0.2, -0.15) is 0 Å². The second kappa shape index (κ2) is 5.52. The average molecular weight is 298 g/mol. The summed E-state index contributed by atoms with van der Waals surface area (Å²) in [7, 11) is 0. The molecule has 2 aliphatic rings. The number of alkyl halides is 3. The van der Waals surface area contributed by atoms with Crippen LogP contribution in [0, 0.1) is 11.5 Å². The van der Waals surface area contributed by atoms with Gasteiger partial charge in [0.05, 0.1) is 0 Å². The average Bonchev–Trinajstić information content (AvgIpc) is 2.94. The third kappa shape index (κ3) is 3.90. The maximum Gasteiger partial charge on any atom is 0.573 e. The van der Waals surface area contributed by atoms with Gasteiger partial charge in [-0.3, -0.25) is 0 Å². The molecule has 21 heavy (non-hydrogen) atoms. The van der Waals surface area contributed by atoms with Gasteiger partial charge >= 0.3 is 6.36 Å². The van der Waals surface area contributed by atoms with Gasteiger partial charge in [-0.1, -0.05) is 12.1 Å². The fourth-order valence-corrected chi connectivity index (χ4v) is 3.20. The Kier molecular flexibility index (Phi) is 3.86. The minimum Gasteiger partial charge on any atom is -0.405 e. The molecule has 1 saturated heterocycles. The van der Waals surface area contributed by atoms with E-state index in [2.05, 4.69) is 15.7 Å². The number of hydrogen-bond acceptors (Lipinski definition) is 2. The predicted octanol–water partition coefficient (Wildman–Crippen LogP) is 3.80. The molecule has 3 rings (SSSR count). The molecule has 1 aliphatic heterocycles. The number of likely N-dealkylation sites (tertiary alicyclic amines) is 1. The number of nitrogens with zero attached hydrogens (tertiary/aromatic N) is 1. The quantitative estimate of drug-likeness (QED) is 0.819. The SMILES string of the molecule is FC(F)(F)Oc1c[c]ccc1CC1(CN2CCCC2)CC1. The van der Waals surface area contributed by atoms with E-state index in [1.54, 1.807) is 12.1 Å². The topological polar surface area (TPSA) is 12.5 Å². The molecule has 2 nitrogen and oxygen atoms in total. The molecule has 2 fully saturated rings. The fourth-order valence-electron chi connectivity index (χ4n) is 3.20. The highest BCUT2D eigenvalue weighted by Crippen LogP contribution is 2.50. The molecule has 0 N–H and O–H groups in total. The molecule has 0 atom stereocenters. The summed E-state index contributed by atoms with van der Waals surface area (Å²) >= 11 is 0. The van der Waals surface area contributed by atoms with Gasteiger partial charge < -0.3 is 9.64 Å². The van der Waals surface area contributed by atoms with Crippen molar-refractivity contribution in [1.82, 2.24) is 4.90 Å². The lowest BCUT2D eigenvalue weighted by molar-refractivity contribution is -0.274. The molecular formula is C16H19F3NO. The maximum absolute atomic E-state index is 12.5. The van der Waals surface area contributed by atoms with E-state index in [1.165, 1.54) is 18.9 Å². The van der Waals surface area contributed by atoms with Gasteiger partial charge in [0.1, 0.15) is 5.75 Å². The molecule has 0 aromatic heterocycles. The Morgan fingerprint density at radius 1 is 1.24 bits per heavy atom. The van der Waals surface area contributed by atoms with Gasteiger partial charge in [0.2, 0.25) is 0 Å². The predicted molar refractivity (Wildman–Crippen MR) is 73.0 cm³/mol. The number of benzene rings is 1. The molecule has 115 valence electrons. The smallest absolute Gasteiger partial charge is 0.405 e. The minimum atomic E-state index is -4.64. The number of rotatable bonds is 5. The van der Waals surface area contributed by atoms with Crippen LogP contribution in [0.4, 0.5) is 13.2 Å². The summed E-state index contributed by atoms with van der Waals surface area (Å²) in [6.07, 6.45) is 0.665. The van der Waals surface area contributed by atoms with E-state index in [0.29, 0.717) is 12.0 Å². The summed E-state index contributed by atoms with van der Waals surface area (Å²) in [5.74, 6) is -0.0994. The third-order valence-corrected chi connectivity index (χ3v) is 4.42. The van der Waals surface area contributed by atoms with Crippen molar-refractivity contribution in [1.29, 1.82) is 0 Å². The Bertz CT molecular complexity index is 491. The summed E-state index contributed by atoms with van der Waals surface area (Å²) in [6, 6.07) is 7.31. The van der Waals surface area contributed by atoms with Crippen molar-refractivity contribution in [2.75, 3.05) is 19.6 Å². The molecule has 1 radical (unpaired) electrons. The fraction of sp³-hybridized carbons (Fsp3) is 0.625. The van der Waals surface area contributed by atoms with Crippen molar-refractivity contribution < 1.29 is 17.9 Å². The molecule has 0 bridgehead atoms. The van der Waals surface area contributed by atoms with Gasteiger partial charge in [0, 0.05) is 6.54 Å². The van der Waals surface area contributed by atoms with Crippen LogP contribution in [0.1, 0.15) is 31.2 Å². The molecule has 1 aromatic rings. The first-order valence-electron chi connectivity index (χ1n) is 7.43. The molecule has 5 heteroatoms. The second-order valence-corrected chi connectivity index (χ2v) is 6.24. The summed E-state index contributed by atoms with van der Waals surface area (Å²) in [4.78, 5) is 2.44. The zero-order valence-electron chi connectivity index (χ0n) is 11.9. The standard InChI is InChI=1S/C16H19F3NO/c17-16(18,19)21-14-6-2-1-5-13(14)11-15(7-8-15)12-20-9-3-4-10-20/h1,5-6H,3-4,7-12H2. The van der Waals surface area contributed by atoms with Crippen LogP contribution in [0.5, 0.6) is 5.75 Å². The molecule has 1 aliphatic carbocycles. The van der Waals surface area contributed by atoms with E-state index in [0.717, 1.165) is 32.5 Å². The lowest BCUT2D eigenvalue weighted by Gasteiger charge is -2.24. The summed E-state index contributed by atoms with van der Waals surface area (Å²) in [6.45, 7) is 3.24. The molecule has 0 amide bonds. The van der Waals surface area contributed by atoms with Crippen LogP contribution in [0.3, 0.4) is 0 Å². The van der Waals surface area contributed by atoms with E-state index < -0.39 is 6.36 Å². The van der Waals surface area contributed by atoms with Crippen LogP contribution in [0.25, 0.3) is 0 Å². The van der Waals surface area contributed by atoms with Crippen LogP contribution in [-0.2, 0) is 6.42 Å². The molecule has 1 aromatic carbocycles. The lowest BCUT2D eigenvalue weighted by atomic mass is 9.95. The largest absolute Gasteiger partial charge is 0.573 e. The summed E-state index contributed by atoms with van der Waals surface area (Å²) < 4.78 is 41.5. The zero-order chi connectivity index (χ0) is 14.9. The highest BCUT2D eigenvalue weighted by Gasteiger charge is 2.45. The first kappa shape index (κ1) is 14.7. The second-order valence-electron chi connectivity index (χ2n) is 6.24.